The van der Waals surface area contributed by atoms with E-state index in [0.29, 0.717) is 12.8 Å². The molecule has 0 spiro atoms. The molecule has 12 heteroatoms. The van der Waals surface area contributed by atoms with E-state index in [1.54, 1.807) is 5.32 Å². The Labute approximate surface area is 150 Å². The van der Waals surface area contributed by atoms with Crippen molar-refractivity contribution in [3.63, 3.8) is 0 Å². The van der Waals surface area contributed by atoms with Crippen molar-refractivity contribution in [3.05, 3.63) is 27.3 Å². The number of alkyl halides is 3. The molecule has 0 radical (unpaired) electrons. The molecule has 4 N–H and O–H groups in total. The maximum absolute atomic E-state index is 13.2. The number of nitro benzene ring substituents is 1. The molecule has 1 aliphatic rings. The number of benzene rings is 1. The van der Waals surface area contributed by atoms with E-state index in [2.05, 4.69) is 5.32 Å². The third kappa shape index (κ3) is 4.57. The van der Waals surface area contributed by atoms with Gasteiger partial charge in [-0.3, -0.25) is 20.2 Å². The lowest BCUT2D eigenvalue weighted by atomic mass is 9.96. The highest BCUT2D eigenvalue weighted by atomic mass is 19.4. The summed E-state index contributed by atoms with van der Waals surface area (Å²) in [6.45, 7) is 0. The molecule has 27 heavy (non-hydrogen) atoms. The molecular weight excluding hydrogens is 375 g/mol. The SMILES string of the molecule is O=C(NC(=O)c1c(C(F)(F)F)cc(O)c(O)c1[N+](=O)[O-])NC1CCCCC1. The molecule has 1 aromatic carbocycles. The lowest BCUT2D eigenvalue weighted by Crippen LogP contribution is -2.45. The summed E-state index contributed by atoms with van der Waals surface area (Å²) in [5.41, 5.74) is -5.07. The highest BCUT2D eigenvalue weighted by Gasteiger charge is 2.43. The number of nitrogens with zero attached hydrogens (tertiary/aromatic N) is 1. The molecule has 0 unspecified atom stereocenters. The Morgan fingerprint density at radius 3 is 2.30 bits per heavy atom. The van der Waals surface area contributed by atoms with Crippen LogP contribution in [0.15, 0.2) is 6.07 Å². The number of aromatic hydroxyl groups is 2. The van der Waals surface area contributed by atoms with Gasteiger partial charge in [-0.1, -0.05) is 19.3 Å². The van der Waals surface area contributed by atoms with Gasteiger partial charge in [0.05, 0.1) is 10.5 Å². The molecule has 0 atom stereocenters. The molecule has 0 aliphatic heterocycles. The molecule has 0 bridgehead atoms. The summed E-state index contributed by atoms with van der Waals surface area (Å²) in [5.74, 6) is -4.65. The zero-order chi connectivity index (χ0) is 20.4. The number of halogens is 3. The Bertz CT molecular complexity index is 775. The second-order valence-electron chi connectivity index (χ2n) is 6.03. The van der Waals surface area contributed by atoms with Crippen molar-refractivity contribution in [2.45, 2.75) is 44.3 Å². The topological polar surface area (TPSA) is 142 Å². The highest BCUT2D eigenvalue weighted by Crippen LogP contribution is 2.45. The van der Waals surface area contributed by atoms with Gasteiger partial charge < -0.3 is 15.5 Å². The average molecular weight is 391 g/mol. The number of imide groups is 1. The number of hydrogen-bond acceptors (Lipinski definition) is 6. The Morgan fingerprint density at radius 2 is 1.78 bits per heavy atom. The first-order valence-electron chi connectivity index (χ1n) is 7.94. The van der Waals surface area contributed by atoms with Crippen molar-refractivity contribution in [1.82, 2.24) is 10.6 Å². The number of amides is 3. The van der Waals surface area contributed by atoms with Crippen molar-refractivity contribution in [2.75, 3.05) is 0 Å². The summed E-state index contributed by atoms with van der Waals surface area (Å²) >= 11 is 0. The number of nitrogens with one attached hydrogen (secondary N) is 2. The van der Waals surface area contributed by atoms with Crippen LogP contribution in [0.1, 0.15) is 48.0 Å². The molecule has 1 aliphatic carbocycles. The first kappa shape index (κ1) is 20.3. The molecule has 3 amide bonds. The van der Waals surface area contributed by atoms with Crippen molar-refractivity contribution >= 4 is 17.6 Å². The number of carbonyl (C=O) groups is 2. The molecule has 0 aromatic heterocycles. The first-order chi connectivity index (χ1) is 12.5. The number of rotatable bonds is 3. The van der Waals surface area contributed by atoms with E-state index in [0.717, 1.165) is 19.3 Å². The number of urea groups is 1. The third-order valence-corrected chi connectivity index (χ3v) is 4.14. The molecule has 0 heterocycles. The molecule has 2 rings (SSSR count). The summed E-state index contributed by atoms with van der Waals surface area (Å²) in [6, 6.07) is -1.39. The zero-order valence-corrected chi connectivity index (χ0v) is 13.8. The lowest BCUT2D eigenvalue weighted by molar-refractivity contribution is -0.386. The van der Waals surface area contributed by atoms with E-state index in [4.69, 9.17) is 0 Å². The first-order valence-corrected chi connectivity index (χ1v) is 7.94. The van der Waals surface area contributed by atoms with Crippen LogP contribution in [-0.2, 0) is 6.18 Å². The van der Waals surface area contributed by atoms with Gasteiger partial charge in [-0.2, -0.15) is 13.2 Å². The van der Waals surface area contributed by atoms with Crippen molar-refractivity contribution in [1.29, 1.82) is 0 Å². The van der Waals surface area contributed by atoms with Crippen molar-refractivity contribution in [2.24, 2.45) is 0 Å². The van der Waals surface area contributed by atoms with Gasteiger partial charge in [0.15, 0.2) is 5.75 Å². The van der Waals surface area contributed by atoms with Crippen LogP contribution in [0.4, 0.5) is 23.7 Å². The smallest absolute Gasteiger partial charge is 0.417 e. The predicted molar refractivity (Wildman–Crippen MR) is 84.3 cm³/mol. The van der Waals surface area contributed by atoms with E-state index in [-0.39, 0.29) is 12.1 Å². The van der Waals surface area contributed by atoms with Gasteiger partial charge in [0.25, 0.3) is 5.91 Å². The number of carbonyl (C=O) groups excluding carboxylic acids is 2. The van der Waals surface area contributed by atoms with E-state index < -0.39 is 51.4 Å². The largest absolute Gasteiger partial charge is 0.504 e. The van der Waals surface area contributed by atoms with Crippen LogP contribution < -0.4 is 10.6 Å². The molecule has 1 saturated carbocycles. The Balaban J connectivity index is 2.37. The number of phenolic OH excluding ortho intramolecular Hbond substituents is 2. The molecule has 1 aromatic rings. The van der Waals surface area contributed by atoms with Gasteiger partial charge in [0.1, 0.15) is 5.56 Å². The second kappa shape index (κ2) is 7.68. The quantitative estimate of drug-likeness (QED) is 0.355. The average Bonchev–Trinajstić information content (AvgIpc) is 2.56. The minimum atomic E-state index is -5.26. The summed E-state index contributed by atoms with van der Waals surface area (Å²) in [7, 11) is 0. The van der Waals surface area contributed by atoms with Gasteiger partial charge in [-0.25, -0.2) is 4.79 Å². The van der Waals surface area contributed by atoms with E-state index in [1.807, 2.05) is 0 Å². The van der Waals surface area contributed by atoms with Gasteiger partial charge >= 0.3 is 17.9 Å². The maximum Gasteiger partial charge on any atom is 0.417 e. The fourth-order valence-electron chi connectivity index (χ4n) is 2.91. The number of phenols is 2. The van der Waals surface area contributed by atoms with Crippen LogP contribution in [0.5, 0.6) is 11.5 Å². The number of nitro groups is 1. The van der Waals surface area contributed by atoms with E-state index >= 15 is 0 Å². The fourth-order valence-corrected chi connectivity index (χ4v) is 2.91. The van der Waals surface area contributed by atoms with Crippen LogP contribution in [0.2, 0.25) is 0 Å². The Morgan fingerprint density at radius 1 is 1.19 bits per heavy atom. The maximum atomic E-state index is 13.2. The normalized spacial score (nSPS) is 15.2. The summed E-state index contributed by atoms with van der Waals surface area (Å²) in [4.78, 5) is 33.7. The highest BCUT2D eigenvalue weighted by molar-refractivity contribution is 6.08. The van der Waals surface area contributed by atoms with Crippen LogP contribution >= 0.6 is 0 Å². The van der Waals surface area contributed by atoms with E-state index in [9.17, 15) is 43.1 Å². The van der Waals surface area contributed by atoms with Gasteiger partial charge in [-0.15, -0.1) is 0 Å². The summed E-state index contributed by atoms with van der Waals surface area (Å²) in [6.07, 6.45) is -1.33. The minimum Gasteiger partial charge on any atom is -0.504 e. The van der Waals surface area contributed by atoms with Crippen LogP contribution in [0.25, 0.3) is 0 Å². The van der Waals surface area contributed by atoms with Crippen LogP contribution in [-0.4, -0.2) is 33.1 Å². The molecule has 0 saturated heterocycles. The molecule has 1 fully saturated rings. The monoisotopic (exact) mass is 391 g/mol. The summed E-state index contributed by atoms with van der Waals surface area (Å²) < 4.78 is 39.5. The standard InChI is InChI=1S/C15H16F3N3O6/c16-15(17,18)8-6-9(22)12(23)11(21(26)27)10(8)13(24)20-14(25)19-7-4-2-1-3-5-7/h6-7,22-23H,1-5H2,(H2,19,20,24,25). The lowest BCUT2D eigenvalue weighted by Gasteiger charge is -2.22. The minimum absolute atomic E-state index is 0.0176. The number of hydrogen-bond donors (Lipinski definition) is 4. The fraction of sp³-hybridized carbons (Fsp3) is 0.467. The van der Waals surface area contributed by atoms with E-state index in [1.165, 1.54) is 0 Å². The third-order valence-electron chi connectivity index (χ3n) is 4.14. The molecule has 148 valence electrons. The molecular formula is C15H16F3N3O6. The van der Waals surface area contributed by atoms with Crippen LogP contribution in [0, 0.1) is 10.1 Å². The Hall–Kier alpha value is -3.05. The van der Waals surface area contributed by atoms with Gasteiger partial charge in [0.2, 0.25) is 5.75 Å². The Kier molecular flexibility index (Phi) is 5.76. The van der Waals surface area contributed by atoms with Gasteiger partial charge in [-0.05, 0) is 18.9 Å². The zero-order valence-electron chi connectivity index (χ0n) is 13.8. The van der Waals surface area contributed by atoms with Crippen molar-refractivity contribution < 1.29 is 37.9 Å². The van der Waals surface area contributed by atoms with Gasteiger partial charge in [0, 0.05) is 6.04 Å². The van der Waals surface area contributed by atoms with Crippen molar-refractivity contribution in [3.8, 4) is 11.5 Å². The second-order valence-corrected chi connectivity index (χ2v) is 6.03. The van der Waals surface area contributed by atoms with Crippen LogP contribution in [0.3, 0.4) is 0 Å². The summed E-state index contributed by atoms with van der Waals surface area (Å²) in [5, 5.41) is 34.0. The molecule has 9 nitrogen and oxygen atoms in total. The predicted octanol–water partition coefficient (Wildman–Crippen LogP) is 2.80.